The number of amides is 1. The summed E-state index contributed by atoms with van der Waals surface area (Å²) in [6, 6.07) is 1.95. The number of aromatic nitrogens is 1. The van der Waals surface area contributed by atoms with Gasteiger partial charge in [-0.2, -0.15) is 0 Å². The molecule has 3 N–H and O–H groups in total. The minimum Gasteiger partial charge on any atom is -0.357 e. The van der Waals surface area contributed by atoms with Gasteiger partial charge in [0.05, 0.1) is 0 Å². The molecule has 0 saturated heterocycles. The van der Waals surface area contributed by atoms with Gasteiger partial charge in [0.1, 0.15) is 11.5 Å². The molecule has 5 nitrogen and oxygen atoms in total. The number of amidine groups is 1. The third-order valence-electron chi connectivity index (χ3n) is 4.33. The van der Waals surface area contributed by atoms with Crippen LogP contribution >= 0.6 is 0 Å². The number of H-pyrrole nitrogens is 1. The second-order valence-electron chi connectivity index (χ2n) is 5.91. The largest absolute Gasteiger partial charge is 0.357 e. The molecule has 3 aliphatic rings. The minimum absolute atomic E-state index is 0.0121. The van der Waals surface area contributed by atoms with E-state index in [1.807, 2.05) is 24.7 Å². The first kappa shape index (κ1) is 12.4. The fourth-order valence-corrected chi connectivity index (χ4v) is 2.88. The van der Waals surface area contributed by atoms with E-state index in [1.54, 1.807) is 0 Å². The molecule has 0 bridgehead atoms. The summed E-state index contributed by atoms with van der Waals surface area (Å²) in [6.07, 6.45) is 12.4. The highest BCUT2D eigenvalue weighted by Crippen LogP contribution is 2.33. The molecular weight excluding hydrogens is 264 g/mol. The third-order valence-corrected chi connectivity index (χ3v) is 4.33. The lowest BCUT2D eigenvalue weighted by Crippen LogP contribution is -2.26. The molecule has 108 valence electrons. The molecule has 0 spiro atoms. The Labute approximate surface area is 123 Å². The van der Waals surface area contributed by atoms with Crippen molar-refractivity contribution in [2.45, 2.75) is 18.8 Å². The van der Waals surface area contributed by atoms with Crippen LogP contribution in [-0.2, 0) is 0 Å². The first-order chi connectivity index (χ1) is 10.3. The van der Waals surface area contributed by atoms with Crippen molar-refractivity contribution in [2.24, 2.45) is 16.8 Å². The van der Waals surface area contributed by atoms with Crippen LogP contribution in [0.4, 0.5) is 0 Å². The molecule has 1 aromatic heterocycles. The summed E-state index contributed by atoms with van der Waals surface area (Å²) >= 11 is 0. The normalized spacial score (nSPS) is 26.2. The Morgan fingerprint density at radius 3 is 3.10 bits per heavy atom. The lowest BCUT2D eigenvalue weighted by Gasteiger charge is -2.21. The van der Waals surface area contributed by atoms with Crippen LogP contribution in [0.15, 0.2) is 41.8 Å². The number of aromatic amines is 1. The second kappa shape index (κ2) is 4.91. The summed E-state index contributed by atoms with van der Waals surface area (Å²) < 4.78 is 0. The fourth-order valence-electron chi connectivity index (χ4n) is 2.88. The zero-order chi connectivity index (χ0) is 14.2. The summed E-state index contributed by atoms with van der Waals surface area (Å²) in [5.41, 5.74) is 1.76. The maximum atomic E-state index is 12.1. The molecule has 3 heterocycles. The summed E-state index contributed by atoms with van der Waals surface area (Å²) in [5, 5.41) is 6.14. The molecule has 4 rings (SSSR count). The number of carbonyl (C=O) groups excluding carboxylic acids is 1. The van der Waals surface area contributed by atoms with Crippen molar-refractivity contribution >= 4 is 11.7 Å². The predicted molar refractivity (Wildman–Crippen MR) is 80.9 cm³/mol. The van der Waals surface area contributed by atoms with Crippen LogP contribution in [0.3, 0.4) is 0 Å². The number of rotatable bonds is 4. The van der Waals surface area contributed by atoms with Crippen LogP contribution in [0, 0.1) is 11.8 Å². The molecule has 0 aromatic carbocycles. The van der Waals surface area contributed by atoms with Gasteiger partial charge in [-0.1, -0.05) is 12.2 Å². The molecule has 2 atom stereocenters. The van der Waals surface area contributed by atoms with E-state index in [2.05, 4.69) is 32.8 Å². The molecule has 2 aliphatic heterocycles. The average molecular weight is 282 g/mol. The Morgan fingerprint density at radius 1 is 1.33 bits per heavy atom. The monoisotopic (exact) mass is 282 g/mol. The van der Waals surface area contributed by atoms with Crippen LogP contribution in [-0.4, -0.2) is 23.3 Å². The van der Waals surface area contributed by atoms with E-state index in [0.29, 0.717) is 11.6 Å². The standard InChI is InChI=1S/C16H18N4O/c21-16(20-8-10-1-2-10)14-7-11(9-19-14)12-3-5-17-15-13(12)4-6-18-15/h3-7,9-10,12-13,19H,1-2,8H2,(H,17,18)(H,20,21). The highest BCUT2D eigenvalue weighted by atomic mass is 16.1. The summed E-state index contributed by atoms with van der Waals surface area (Å²) in [6.45, 7) is 0.794. The van der Waals surface area contributed by atoms with Crippen LogP contribution in [0.25, 0.3) is 0 Å². The van der Waals surface area contributed by atoms with E-state index in [0.717, 1.165) is 17.9 Å². The Bertz CT molecular complexity index is 651. The predicted octanol–water partition coefficient (Wildman–Crippen LogP) is 1.90. The van der Waals surface area contributed by atoms with Gasteiger partial charge in [-0.15, -0.1) is 0 Å². The molecule has 1 amide bonds. The number of fused-ring (bicyclic) bond motifs is 1. The van der Waals surface area contributed by atoms with Gasteiger partial charge in [-0.25, -0.2) is 4.99 Å². The maximum Gasteiger partial charge on any atom is 0.267 e. The molecule has 0 radical (unpaired) electrons. The van der Waals surface area contributed by atoms with Gasteiger partial charge in [0, 0.05) is 30.8 Å². The van der Waals surface area contributed by atoms with E-state index in [4.69, 9.17) is 0 Å². The number of hydrogen-bond acceptors (Lipinski definition) is 3. The first-order valence-electron chi connectivity index (χ1n) is 7.45. The highest BCUT2D eigenvalue weighted by Gasteiger charge is 2.29. The fraction of sp³-hybridized carbons (Fsp3) is 0.375. The molecule has 21 heavy (non-hydrogen) atoms. The molecule has 1 saturated carbocycles. The molecule has 1 aliphatic carbocycles. The number of nitrogens with one attached hydrogen (secondary N) is 3. The quantitative estimate of drug-likeness (QED) is 0.789. The average Bonchev–Trinajstić information content (AvgIpc) is 3.02. The van der Waals surface area contributed by atoms with E-state index in [-0.39, 0.29) is 17.7 Å². The van der Waals surface area contributed by atoms with Crippen molar-refractivity contribution in [3.05, 3.63) is 48.1 Å². The zero-order valence-electron chi connectivity index (χ0n) is 11.7. The Kier molecular flexibility index (Phi) is 2.91. The molecule has 2 unspecified atom stereocenters. The minimum atomic E-state index is -0.0121. The van der Waals surface area contributed by atoms with Crippen molar-refractivity contribution in [3.8, 4) is 0 Å². The van der Waals surface area contributed by atoms with Crippen molar-refractivity contribution in [1.29, 1.82) is 0 Å². The molecule has 1 aromatic rings. The summed E-state index contributed by atoms with van der Waals surface area (Å²) in [7, 11) is 0. The van der Waals surface area contributed by atoms with Crippen LogP contribution in [0.5, 0.6) is 0 Å². The van der Waals surface area contributed by atoms with Gasteiger partial charge in [0.2, 0.25) is 0 Å². The smallest absolute Gasteiger partial charge is 0.267 e. The zero-order valence-corrected chi connectivity index (χ0v) is 11.7. The third kappa shape index (κ3) is 2.39. The lowest BCUT2D eigenvalue weighted by atomic mass is 9.86. The second-order valence-corrected chi connectivity index (χ2v) is 5.91. The van der Waals surface area contributed by atoms with Gasteiger partial charge in [-0.05, 0) is 36.6 Å². The van der Waals surface area contributed by atoms with Gasteiger partial charge in [0.25, 0.3) is 5.91 Å². The van der Waals surface area contributed by atoms with Crippen LogP contribution in [0.2, 0.25) is 0 Å². The topological polar surface area (TPSA) is 69.3 Å². The van der Waals surface area contributed by atoms with Crippen molar-refractivity contribution in [1.82, 2.24) is 15.6 Å². The van der Waals surface area contributed by atoms with Crippen LogP contribution < -0.4 is 10.6 Å². The number of nitrogens with zero attached hydrogens (tertiary/aromatic N) is 1. The van der Waals surface area contributed by atoms with Gasteiger partial charge in [-0.3, -0.25) is 4.79 Å². The molecular formula is C16H18N4O. The van der Waals surface area contributed by atoms with Gasteiger partial charge >= 0.3 is 0 Å². The maximum absolute atomic E-state index is 12.1. The highest BCUT2D eigenvalue weighted by molar-refractivity contribution is 5.93. The Balaban J connectivity index is 1.48. The summed E-state index contributed by atoms with van der Waals surface area (Å²) in [5.74, 6) is 2.13. The van der Waals surface area contributed by atoms with E-state index in [1.165, 1.54) is 12.8 Å². The number of allylic oxidation sites excluding steroid dienone is 1. The van der Waals surface area contributed by atoms with Crippen molar-refractivity contribution < 1.29 is 4.79 Å². The molecule has 1 fully saturated rings. The van der Waals surface area contributed by atoms with Gasteiger partial charge < -0.3 is 15.6 Å². The van der Waals surface area contributed by atoms with Crippen LogP contribution in [0.1, 0.15) is 34.8 Å². The van der Waals surface area contributed by atoms with E-state index in [9.17, 15) is 4.79 Å². The first-order valence-corrected chi connectivity index (χ1v) is 7.45. The van der Waals surface area contributed by atoms with Crippen molar-refractivity contribution in [3.63, 3.8) is 0 Å². The SMILES string of the molecule is O=C(NCC1CC1)c1cc(C2C=CN=C3NC=CC32)c[nH]1. The van der Waals surface area contributed by atoms with E-state index < -0.39 is 0 Å². The Morgan fingerprint density at radius 2 is 2.24 bits per heavy atom. The molecule has 5 heteroatoms. The number of hydrogen-bond donors (Lipinski definition) is 3. The van der Waals surface area contributed by atoms with Crippen molar-refractivity contribution in [2.75, 3.05) is 6.54 Å². The van der Waals surface area contributed by atoms with E-state index >= 15 is 0 Å². The summed E-state index contributed by atoms with van der Waals surface area (Å²) in [4.78, 5) is 19.5. The number of carbonyl (C=O) groups is 1. The Hall–Kier alpha value is -2.30. The van der Waals surface area contributed by atoms with Gasteiger partial charge in [0.15, 0.2) is 0 Å². The lowest BCUT2D eigenvalue weighted by molar-refractivity contribution is 0.0947. The number of aliphatic imine (C=N–C) groups is 1.